The van der Waals surface area contributed by atoms with Crippen LogP contribution in [-0.2, 0) is 4.74 Å². The second-order valence-corrected chi connectivity index (χ2v) is 4.58. The first kappa shape index (κ1) is 13.0. The summed E-state index contributed by atoms with van der Waals surface area (Å²) in [6.45, 7) is 1.88. The van der Waals surface area contributed by atoms with E-state index >= 15 is 0 Å². The van der Waals surface area contributed by atoms with Gasteiger partial charge in [-0.15, -0.1) is 0 Å². The lowest BCUT2D eigenvalue weighted by molar-refractivity contribution is -0.0411. The molecular formula is C14H16F2O2. The number of allylic oxidation sites excluding steroid dienone is 1. The zero-order valence-corrected chi connectivity index (χ0v) is 10.2. The summed E-state index contributed by atoms with van der Waals surface area (Å²) in [6, 6.07) is 3.51. The van der Waals surface area contributed by atoms with E-state index in [0.29, 0.717) is 30.4 Å². The van der Waals surface area contributed by atoms with E-state index in [4.69, 9.17) is 4.74 Å². The van der Waals surface area contributed by atoms with Crippen molar-refractivity contribution < 1.29 is 18.6 Å². The Morgan fingerprint density at radius 2 is 2.17 bits per heavy atom. The fraction of sp³-hybridized carbons (Fsp3) is 0.429. The van der Waals surface area contributed by atoms with Gasteiger partial charge in [0.1, 0.15) is 17.2 Å². The number of aliphatic hydroxyl groups excluding tert-OH is 1. The van der Waals surface area contributed by atoms with Crippen LogP contribution >= 0.6 is 0 Å². The summed E-state index contributed by atoms with van der Waals surface area (Å²) in [5, 5.41) is 9.31. The topological polar surface area (TPSA) is 29.5 Å². The van der Waals surface area contributed by atoms with E-state index < -0.39 is 17.2 Å². The SMILES string of the molecule is CCC1(CO)CCC(c2ccc(F)cc2F)=CO1. The van der Waals surface area contributed by atoms with Crippen LogP contribution in [-0.4, -0.2) is 17.3 Å². The highest BCUT2D eigenvalue weighted by Gasteiger charge is 2.32. The Morgan fingerprint density at radius 1 is 1.39 bits per heavy atom. The van der Waals surface area contributed by atoms with Gasteiger partial charge in [0.25, 0.3) is 0 Å². The van der Waals surface area contributed by atoms with Crippen LogP contribution in [0, 0.1) is 11.6 Å². The van der Waals surface area contributed by atoms with E-state index in [9.17, 15) is 13.9 Å². The highest BCUT2D eigenvalue weighted by molar-refractivity contribution is 5.65. The van der Waals surface area contributed by atoms with Crippen molar-refractivity contribution in [3.05, 3.63) is 41.7 Å². The first-order chi connectivity index (χ1) is 8.60. The number of hydrogen-bond acceptors (Lipinski definition) is 2. The van der Waals surface area contributed by atoms with Crippen LogP contribution in [0.25, 0.3) is 5.57 Å². The molecule has 98 valence electrons. The van der Waals surface area contributed by atoms with Crippen molar-refractivity contribution in [1.82, 2.24) is 0 Å². The Bertz CT molecular complexity index is 465. The third-order valence-corrected chi connectivity index (χ3v) is 3.51. The van der Waals surface area contributed by atoms with Crippen molar-refractivity contribution in [1.29, 1.82) is 0 Å². The van der Waals surface area contributed by atoms with Crippen molar-refractivity contribution in [2.24, 2.45) is 0 Å². The van der Waals surface area contributed by atoms with Crippen molar-refractivity contribution >= 4 is 5.57 Å². The summed E-state index contributed by atoms with van der Waals surface area (Å²) < 4.78 is 32.0. The zero-order valence-electron chi connectivity index (χ0n) is 10.2. The first-order valence-corrected chi connectivity index (χ1v) is 6.03. The molecule has 2 rings (SSSR count). The molecular weight excluding hydrogens is 238 g/mol. The van der Waals surface area contributed by atoms with E-state index in [1.807, 2.05) is 6.92 Å². The number of rotatable bonds is 3. The molecule has 1 unspecified atom stereocenters. The average molecular weight is 254 g/mol. The molecule has 0 saturated heterocycles. The van der Waals surface area contributed by atoms with E-state index in [-0.39, 0.29) is 6.61 Å². The molecule has 1 aromatic carbocycles. The third kappa shape index (κ3) is 2.38. The van der Waals surface area contributed by atoms with Gasteiger partial charge in [-0.2, -0.15) is 0 Å². The minimum atomic E-state index is -0.591. The number of halogens is 2. The summed E-state index contributed by atoms with van der Waals surface area (Å²) >= 11 is 0. The van der Waals surface area contributed by atoms with E-state index in [0.717, 1.165) is 6.07 Å². The lowest BCUT2D eigenvalue weighted by Gasteiger charge is -2.34. The maximum atomic E-state index is 13.6. The van der Waals surface area contributed by atoms with Gasteiger partial charge < -0.3 is 9.84 Å². The molecule has 0 aliphatic carbocycles. The quantitative estimate of drug-likeness (QED) is 0.897. The molecule has 1 aromatic rings. The smallest absolute Gasteiger partial charge is 0.133 e. The predicted molar refractivity (Wildman–Crippen MR) is 64.8 cm³/mol. The molecule has 1 N–H and O–H groups in total. The third-order valence-electron chi connectivity index (χ3n) is 3.51. The predicted octanol–water partition coefficient (Wildman–Crippen LogP) is 3.26. The van der Waals surface area contributed by atoms with Crippen molar-refractivity contribution in [2.45, 2.75) is 31.8 Å². The van der Waals surface area contributed by atoms with Gasteiger partial charge in [-0.25, -0.2) is 8.78 Å². The van der Waals surface area contributed by atoms with Gasteiger partial charge in [0, 0.05) is 11.6 Å². The molecule has 1 atom stereocenters. The number of ether oxygens (including phenoxy) is 1. The Morgan fingerprint density at radius 3 is 2.67 bits per heavy atom. The molecule has 0 amide bonds. The Hall–Kier alpha value is -1.42. The normalized spacial score (nSPS) is 23.4. The molecule has 0 aromatic heterocycles. The standard InChI is InChI=1S/C14H16F2O2/c1-2-14(9-17)6-5-10(8-18-14)12-4-3-11(15)7-13(12)16/h3-4,7-8,17H,2,5-6,9H2,1H3. The first-order valence-electron chi connectivity index (χ1n) is 6.03. The van der Waals surface area contributed by atoms with Gasteiger partial charge in [0.2, 0.25) is 0 Å². The minimum absolute atomic E-state index is 0.0564. The summed E-state index contributed by atoms with van der Waals surface area (Å²) in [6.07, 6.45) is 3.42. The molecule has 1 aliphatic rings. The second-order valence-electron chi connectivity index (χ2n) is 4.58. The van der Waals surface area contributed by atoms with Crippen LogP contribution in [0.2, 0.25) is 0 Å². The van der Waals surface area contributed by atoms with Gasteiger partial charge in [-0.3, -0.25) is 0 Å². The van der Waals surface area contributed by atoms with Crippen molar-refractivity contribution in [2.75, 3.05) is 6.61 Å². The Kier molecular flexibility index (Phi) is 3.66. The van der Waals surface area contributed by atoms with Gasteiger partial charge in [0.15, 0.2) is 0 Å². The fourth-order valence-corrected chi connectivity index (χ4v) is 2.11. The van der Waals surface area contributed by atoms with Gasteiger partial charge in [-0.05, 0) is 37.0 Å². The molecule has 0 radical (unpaired) electrons. The zero-order chi connectivity index (χ0) is 13.2. The molecule has 18 heavy (non-hydrogen) atoms. The van der Waals surface area contributed by atoms with Crippen LogP contribution < -0.4 is 0 Å². The summed E-state index contributed by atoms with van der Waals surface area (Å²) in [5.41, 5.74) is 0.504. The van der Waals surface area contributed by atoms with E-state index in [2.05, 4.69) is 0 Å². The van der Waals surface area contributed by atoms with E-state index in [1.54, 1.807) is 0 Å². The molecule has 2 nitrogen and oxygen atoms in total. The number of aliphatic hydroxyl groups is 1. The number of benzene rings is 1. The van der Waals surface area contributed by atoms with Gasteiger partial charge >= 0.3 is 0 Å². The van der Waals surface area contributed by atoms with Gasteiger partial charge in [-0.1, -0.05) is 6.92 Å². The molecule has 0 saturated carbocycles. The van der Waals surface area contributed by atoms with Gasteiger partial charge in [0.05, 0.1) is 12.9 Å². The van der Waals surface area contributed by atoms with Crippen LogP contribution in [0.15, 0.2) is 24.5 Å². The summed E-state index contributed by atoms with van der Waals surface area (Å²) in [4.78, 5) is 0. The summed E-state index contributed by atoms with van der Waals surface area (Å²) in [7, 11) is 0. The molecule has 0 bridgehead atoms. The minimum Gasteiger partial charge on any atom is -0.492 e. The largest absolute Gasteiger partial charge is 0.492 e. The average Bonchev–Trinajstić information content (AvgIpc) is 2.39. The molecule has 4 heteroatoms. The van der Waals surface area contributed by atoms with E-state index in [1.165, 1.54) is 18.4 Å². The fourth-order valence-electron chi connectivity index (χ4n) is 2.11. The Balaban J connectivity index is 2.24. The molecule has 0 fully saturated rings. The van der Waals surface area contributed by atoms with Crippen LogP contribution in [0.1, 0.15) is 31.7 Å². The van der Waals surface area contributed by atoms with Crippen LogP contribution in [0.5, 0.6) is 0 Å². The number of hydrogen-bond donors (Lipinski definition) is 1. The van der Waals surface area contributed by atoms with Crippen molar-refractivity contribution in [3.8, 4) is 0 Å². The second kappa shape index (κ2) is 5.06. The monoisotopic (exact) mass is 254 g/mol. The maximum Gasteiger partial charge on any atom is 0.133 e. The van der Waals surface area contributed by atoms with Crippen LogP contribution in [0.3, 0.4) is 0 Å². The Labute approximate surface area is 105 Å². The summed E-state index contributed by atoms with van der Waals surface area (Å²) in [5.74, 6) is -1.18. The highest BCUT2D eigenvalue weighted by atomic mass is 19.1. The van der Waals surface area contributed by atoms with Crippen LogP contribution in [0.4, 0.5) is 8.78 Å². The lowest BCUT2D eigenvalue weighted by Crippen LogP contribution is -2.36. The maximum absolute atomic E-state index is 13.6. The molecule has 1 heterocycles. The lowest BCUT2D eigenvalue weighted by atomic mass is 9.88. The molecule has 0 spiro atoms. The highest BCUT2D eigenvalue weighted by Crippen LogP contribution is 2.35. The van der Waals surface area contributed by atoms with Crippen molar-refractivity contribution in [3.63, 3.8) is 0 Å². The molecule has 1 aliphatic heterocycles.